The van der Waals surface area contributed by atoms with Gasteiger partial charge in [0.05, 0.1) is 16.9 Å². The lowest BCUT2D eigenvalue weighted by molar-refractivity contribution is 0.0995. The maximum atomic E-state index is 14.4. The van der Waals surface area contributed by atoms with Crippen molar-refractivity contribution >= 4 is 28.7 Å². The molecule has 0 saturated carbocycles. The molecule has 4 rings (SSSR count). The molecule has 6 nitrogen and oxygen atoms in total. The van der Waals surface area contributed by atoms with Crippen molar-refractivity contribution in [2.45, 2.75) is 33.1 Å². The van der Waals surface area contributed by atoms with Crippen LogP contribution in [0.5, 0.6) is 5.75 Å². The van der Waals surface area contributed by atoms with Crippen molar-refractivity contribution in [2.24, 2.45) is 5.92 Å². The van der Waals surface area contributed by atoms with Crippen molar-refractivity contribution in [3.63, 3.8) is 0 Å². The number of phenols is 1. The van der Waals surface area contributed by atoms with Gasteiger partial charge in [-0.1, -0.05) is 19.1 Å². The number of nitrogens with one attached hydrogen (secondary N) is 2. The Morgan fingerprint density at radius 3 is 2.81 bits per heavy atom. The van der Waals surface area contributed by atoms with Gasteiger partial charge < -0.3 is 20.8 Å². The van der Waals surface area contributed by atoms with Gasteiger partial charge in [-0.15, -0.1) is 0 Å². The Kier molecular flexibility index (Phi) is 6.10. The molecule has 166 valence electrons. The third-order valence-corrected chi connectivity index (χ3v) is 5.80. The molecule has 0 aliphatic carbocycles. The van der Waals surface area contributed by atoms with Crippen LogP contribution in [-0.4, -0.2) is 27.6 Å². The van der Waals surface area contributed by atoms with Gasteiger partial charge in [-0.2, -0.15) is 0 Å². The molecule has 0 fully saturated rings. The van der Waals surface area contributed by atoms with Crippen LogP contribution in [-0.2, 0) is 12.8 Å². The number of ketones is 1. The van der Waals surface area contributed by atoms with Gasteiger partial charge in [0.1, 0.15) is 17.4 Å². The first-order chi connectivity index (χ1) is 15.4. The molecule has 1 atom stereocenters. The maximum absolute atomic E-state index is 14.4. The molecule has 1 aromatic heterocycles. The molecule has 1 unspecified atom stereocenters. The van der Waals surface area contributed by atoms with E-state index in [1.165, 1.54) is 12.1 Å². The number of fused-ring (bicyclic) bond motifs is 2. The van der Waals surface area contributed by atoms with Crippen LogP contribution in [0.2, 0.25) is 0 Å². The number of rotatable bonds is 6. The quantitative estimate of drug-likeness (QED) is 0.434. The van der Waals surface area contributed by atoms with Crippen molar-refractivity contribution in [3.05, 3.63) is 70.7 Å². The normalized spacial score (nSPS) is 13.6. The van der Waals surface area contributed by atoms with Crippen molar-refractivity contribution in [3.8, 4) is 5.75 Å². The van der Waals surface area contributed by atoms with Gasteiger partial charge in [0.2, 0.25) is 0 Å². The number of phenolic OH excluding ortho intramolecular Hbond substituents is 1. The van der Waals surface area contributed by atoms with E-state index in [-0.39, 0.29) is 36.2 Å². The summed E-state index contributed by atoms with van der Waals surface area (Å²) in [6, 6.07) is 10.1. The number of nitrogens with zero attached hydrogens (tertiary/aromatic N) is 1. The second-order valence-corrected chi connectivity index (χ2v) is 8.37. The van der Waals surface area contributed by atoms with E-state index in [9.17, 15) is 19.4 Å². The first-order valence-electron chi connectivity index (χ1n) is 10.6. The highest BCUT2D eigenvalue weighted by molar-refractivity contribution is 6.09. The van der Waals surface area contributed by atoms with E-state index >= 15 is 0 Å². The standard InChI is InChI=1S/C25H26FN3O3/c1-14(13-30)3-4-16-5-6-19-17(10-16)11-23(32)24-20(7-8-27-25(24)29-19)28-21-12-22(31)15(2)9-18(21)26/h5-10,12,14,30-31H,3-4,11,13H2,1-2H3,(H2,27,28,29). The average Bonchev–Trinajstić information content (AvgIpc) is 2.91. The van der Waals surface area contributed by atoms with Gasteiger partial charge in [0, 0.05) is 31.0 Å². The summed E-state index contributed by atoms with van der Waals surface area (Å²) in [5, 5.41) is 25.4. The molecular formula is C25H26FN3O3. The number of halogens is 1. The Morgan fingerprint density at radius 1 is 1.22 bits per heavy atom. The van der Waals surface area contributed by atoms with Crippen molar-refractivity contribution in [1.29, 1.82) is 0 Å². The van der Waals surface area contributed by atoms with E-state index in [1.54, 1.807) is 19.2 Å². The average molecular weight is 435 g/mol. The number of hydrogen-bond donors (Lipinski definition) is 4. The Balaban J connectivity index is 1.64. The highest BCUT2D eigenvalue weighted by Crippen LogP contribution is 2.35. The van der Waals surface area contributed by atoms with E-state index < -0.39 is 5.82 Å². The smallest absolute Gasteiger partial charge is 0.173 e. The van der Waals surface area contributed by atoms with Gasteiger partial charge in [-0.05, 0) is 60.6 Å². The Labute approximate surface area is 186 Å². The van der Waals surface area contributed by atoms with Gasteiger partial charge in [-0.3, -0.25) is 4.79 Å². The van der Waals surface area contributed by atoms with Crippen LogP contribution in [0.15, 0.2) is 42.6 Å². The van der Waals surface area contributed by atoms with Crippen LogP contribution in [0.25, 0.3) is 0 Å². The van der Waals surface area contributed by atoms with Gasteiger partial charge in [0.15, 0.2) is 5.78 Å². The van der Waals surface area contributed by atoms with Crippen LogP contribution in [0.3, 0.4) is 0 Å². The maximum Gasteiger partial charge on any atom is 0.173 e. The van der Waals surface area contributed by atoms with Crippen LogP contribution in [0.1, 0.15) is 40.4 Å². The zero-order valence-corrected chi connectivity index (χ0v) is 18.1. The largest absolute Gasteiger partial charge is 0.508 e. The van der Waals surface area contributed by atoms with Crippen molar-refractivity contribution in [1.82, 2.24) is 4.98 Å². The lowest BCUT2D eigenvalue weighted by atomic mass is 9.97. The molecule has 1 aliphatic heterocycles. The number of hydrogen-bond acceptors (Lipinski definition) is 6. The number of pyridine rings is 1. The molecule has 1 aliphatic rings. The summed E-state index contributed by atoms with van der Waals surface area (Å²) in [5.74, 6) is -0.0762. The zero-order chi connectivity index (χ0) is 22.8. The summed E-state index contributed by atoms with van der Waals surface area (Å²) >= 11 is 0. The fourth-order valence-electron chi connectivity index (χ4n) is 3.81. The second kappa shape index (κ2) is 8.96. The Morgan fingerprint density at radius 2 is 2.03 bits per heavy atom. The fourth-order valence-corrected chi connectivity index (χ4v) is 3.81. The molecule has 0 spiro atoms. The van der Waals surface area contributed by atoms with E-state index in [4.69, 9.17) is 0 Å². The second-order valence-electron chi connectivity index (χ2n) is 8.37. The molecule has 7 heteroatoms. The summed E-state index contributed by atoms with van der Waals surface area (Å²) in [4.78, 5) is 17.5. The van der Waals surface area contributed by atoms with E-state index in [0.29, 0.717) is 22.6 Å². The number of aliphatic hydroxyl groups excluding tert-OH is 1. The lowest BCUT2D eigenvalue weighted by Gasteiger charge is -2.14. The molecule has 2 aromatic carbocycles. The van der Waals surface area contributed by atoms with E-state index in [0.717, 1.165) is 29.7 Å². The predicted octanol–water partition coefficient (Wildman–Crippen LogP) is 5.02. The number of aliphatic hydroxyl groups is 1. The summed E-state index contributed by atoms with van der Waals surface area (Å²) in [6.45, 7) is 3.77. The van der Waals surface area contributed by atoms with Gasteiger partial charge in [-0.25, -0.2) is 9.37 Å². The molecular weight excluding hydrogens is 409 g/mol. The third kappa shape index (κ3) is 4.43. The summed E-state index contributed by atoms with van der Waals surface area (Å²) < 4.78 is 14.4. The summed E-state index contributed by atoms with van der Waals surface area (Å²) in [6.07, 6.45) is 3.41. The summed E-state index contributed by atoms with van der Waals surface area (Å²) in [5.41, 5.74) is 4.05. The highest BCUT2D eigenvalue weighted by atomic mass is 19.1. The molecule has 0 saturated heterocycles. The molecule has 3 aromatic rings. The first kappa shape index (κ1) is 21.8. The van der Waals surface area contributed by atoms with Crippen LogP contribution in [0.4, 0.5) is 27.3 Å². The van der Waals surface area contributed by atoms with Crippen LogP contribution < -0.4 is 10.6 Å². The zero-order valence-electron chi connectivity index (χ0n) is 18.1. The monoisotopic (exact) mass is 435 g/mol. The number of carbonyl (C=O) groups excluding carboxylic acids is 1. The van der Waals surface area contributed by atoms with Crippen molar-refractivity contribution < 1.29 is 19.4 Å². The van der Waals surface area contributed by atoms with E-state index in [2.05, 4.69) is 15.6 Å². The number of Topliss-reactive ketones (excluding diaryl/α,β-unsaturated/α-hetero) is 1. The predicted molar refractivity (Wildman–Crippen MR) is 123 cm³/mol. The Hall–Kier alpha value is -3.45. The van der Waals surface area contributed by atoms with Crippen LogP contribution >= 0.6 is 0 Å². The lowest BCUT2D eigenvalue weighted by Crippen LogP contribution is -2.08. The third-order valence-electron chi connectivity index (χ3n) is 5.80. The molecule has 2 heterocycles. The molecule has 0 bridgehead atoms. The van der Waals surface area contributed by atoms with Crippen molar-refractivity contribution in [2.75, 3.05) is 17.2 Å². The molecule has 0 radical (unpaired) electrons. The molecule has 32 heavy (non-hydrogen) atoms. The Bertz CT molecular complexity index is 1180. The summed E-state index contributed by atoms with van der Waals surface area (Å²) in [7, 11) is 0. The number of aromatic hydroxyl groups is 1. The van der Waals surface area contributed by atoms with Gasteiger partial charge >= 0.3 is 0 Å². The number of anilines is 4. The minimum absolute atomic E-state index is 0.0334. The first-order valence-corrected chi connectivity index (χ1v) is 10.6. The van der Waals surface area contributed by atoms with Crippen LogP contribution in [0, 0.1) is 18.7 Å². The number of aryl methyl sites for hydroxylation is 2. The van der Waals surface area contributed by atoms with E-state index in [1.807, 2.05) is 25.1 Å². The number of carbonyl (C=O) groups is 1. The minimum atomic E-state index is -0.523. The fraction of sp³-hybridized carbons (Fsp3) is 0.280. The topological polar surface area (TPSA) is 94.5 Å². The highest BCUT2D eigenvalue weighted by Gasteiger charge is 2.24. The molecule has 0 amide bonds. The number of benzene rings is 2. The SMILES string of the molecule is Cc1cc(F)c(Nc2ccnc3c2C(=O)Cc2cc(CCC(C)CO)ccc2N3)cc1O. The van der Waals surface area contributed by atoms with Gasteiger partial charge in [0.25, 0.3) is 0 Å². The number of aromatic nitrogens is 1. The minimum Gasteiger partial charge on any atom is -0.508 e. The molecule has 4 N–H and O–H groups in total.